The van der Waals surface area contributed by atoms with Crippen LogP contribution < -0.4 is 10.6 Å². The molecule has 0 fully saturated rings. The number of benzene rings is 1. The van der Waals surface area contributed by atoms with E-state index in [4.69, 9.17) is 0 Å². The summed E-state index contributed by atoms with van der Waals surface area (Å²) in [5, 5.41) is 14.6. The van der Waals surface area contributed by atoms with Crippen LogP contribution in [0.15, 0.2) is 18.2 Å². The second-order valence-corrected chi connectivity index (χ2v) is 3.33. The molecular formula is C10H10N2O3. The molecule has 0 saturated carbocycles. The van der Waals surface area contributed by atoms with Gasteiger partial charge in [0.1, 0.15) is 5.75 Å². The lowest BCUT2D eigenvalue weighted by Crippen LogP contribution is -2.19. The zero-order chi connectivity index (χ0) is 10.8. The fraction of sp³-hybridized carbons (Fsp3) is 0.200. The molecule has 3 N–H and O–H groups in total. The molecule has 0 saturated heterocycles. The van der Waals surface area contributed by atoms with Crippen LogP contribution in [0, 0.1) is 0 Å². The number of amides is 2. The molecule has 0 spiro atoms. The Labute approximate surface area is 86.1 Å². The summed E-state index contributed by atoms with van der Waals surface area (Å²) in [6, 6.07) is 4.57. The summed E-state index contributed by atoms with van der Waals surface area (Å²) < 4.78 is 0. The third-order valence-electron chi connectivity index (χ3n) is 2.13. The van der Waals surface area contributed by atoms with Gasteiger partial charge in [0.2, 0.25) is 11.8 Å². The van der Waals surface area contributed by atoms with Crippen LogP contribution in [0.3, 0.4) is 0 Å². The lowest BCUT2D eigenvalue weighted by Gasteiger charge is -2.12. The molecule has 0 aromatic heterocycles. The second kappa shape index (κ2) is 3.61. The van der Waals surface area contributed by atoms with E-state index in [0.717, 1.165) is 0 Å². The molecule has 1 aromatic carbocycles. The Balaban J connectivity index is 2.41. The largest absolute Gasteiger partial charge is 0.506 e. The fourth-order valence-corrected chi connectivity index (χ4v) is 1.38. The number of nitrogens with one attached hydrogen (secondary N) is 2. The van der Waals surface area contributed by atoms with Crippen molar-refractivity contribution in [1.82, 2.24) is 0 Å². The Hall–Kier alpha value is -2.04. The van der Waals surface area contributed by atoms with E-state index in [1.54, 1.807) is 12.1 Å². The molecule has 78 valence electrons. The maximum absolute atomic E-state index is 11.3. The molecular weight excluding hydrogens is 196 g/mol. The summed E-state index contributed by atoms with van der Waals surface area (Å²) in [7, 11) is 0. The van der Waals surface area contributed by atoms with Crippen LogP contribution in [0.2, 0.25) is 0 Å². The smallest absolute Gasteiger partial charge is 0.224 e. The second-order valence-electron chi connectivity index (χ2n) is 3.33. The summed E-state index contributed by atoms with van der Waals surface area (Å²) in [5.41, 5.74) is 0.886. The number of carbonyl (C=O) groups excluding carboxylic acids is 2. The van der Waals surface area contributed by atoms with Crippen LogP contribution in [-0.2, 0) is 9.59 Å². The molecule has 3 rings (SSSR count). The predicted octanol–water partition coefficient (Wildman–Crippen LogP) is 1.06. The van der Waals surface area contributed by atoms with Gasteiger partial charge < -0.3 is 15.7 Å². The van der Waals surface area contributed by atoms with Crippen LogP contribution in [0.1, 0.15) is 12.8 Å². The van der Waals surface area contributed by atoms with E-state index in [9.17, 15) is 14.7 Å². The number of fused-ring (bicyclic) bond motifs is 7. The van der Waals surface area contributed by atoms with Crippen LogP contribution in [0.4, 0.5) is 11.4 Å². The number of rotatable bonds is 0. The van der Waals surface area contributed by atoms with Gasteiger partial charge in [0.15, 0.2) is 0 Å². The highest BCUT2D eigenvalue weighted by atomic mass is 16.3. The highest BCUT2D eigenvalue weighted by Crippen LogP contribution is 2.27. The molecule has 15 heavy (non-hydrogen) atoms. The van der Waals surface area contributed by atoms with Crippen molar-refractivity contribution in [1.29, 1.82) is 0 Å². The molecule has 2 amide bonds. The van der Waals surface area contributed by atoms with Crippen molar-refractivity contribution in [3.63, 3.8) is 0 Å². The van der Waals surface area contributed by atoms with Gasteiger partial charge in [0, 0.05) is 24.6 Å². The lowest BCUT2D eigenvalue weighted by molar-refractivity contribution is -0.121. The van der Waals surface area contributed by atoms with E-state index in [-0.39, 0.29) is 30.4 Å². The van der Waals surface area contributed by atoms with E-state index in [0.29, 0.717) is 11.4 Å². The first kappa shape index (κ1) is 9.51. The average molecular weight is 206 g/mol. The summed E-state index contributed by atoms with van der Waals surface area (Å²) >= 11 is 0. The van der Waals surface area contributed by atoms with E-state index >= 15 is 0 Å². The van der Waals surface area contributed by atoms with Crippen molar-refractivity contribution in [2.24, 2.45) is 0 Å². The standard InChI is InChI=1S/C10H10N2O3/c13-8-5-6-1-2-7(8)12-10(15)4-3-9(14)11-6/h1-2,5,13H,3-4H2,(H,11,14)(H,12,15). The topological polar surface area (TPSA) is 78.4 Å². The Morgan fingerprint density at radius 2 is 1.73 bits per heavy atom. The van der Waals surface area contributed by atoms with Crippen LogP contribution >= 0.6 is 0 Å². The van der Waals surface area contributed by atoms with Crippen molar-refractivity contribution in [3.8, 4) is 5.75 Å². The first-order valence-corrected chi connectivity index (χ1v) is 4.58. The van der Waals surface area contributed by atoms with E-state index < -0.39 is 0 Å². The van der Waals surface area contributed by atoms with Crippen molar-refractivity contribution in [3.05, 3.63) is 18.2 Å². The molecule has 2 aliphatic rings. The fourth-order valence-electron chi connectivity index (χ4n) is 1.38. The molecule has 0 radical (unpaired) electrons. The zero-order valence-electron chi connectivity index (χ0n) is 7.91. The molecule has 2 bridgehead atoms. The zero-order valence-corrected chi connectivity index (χ0v) is 7.91. The van der Waals surface area contributed by atoms with E-state index in [2.05, 4.69) is 10.6 Å². The number of aromatic hydroxyl groups is 1. The molecule has 1 aromatic rings. The van der Waals surface area contributed by atoms with Crippen molar-refractivity contribution in [2.45, 2.75) is 12.8 Å². The van der Waals surface area contributed by atoms with Gasteiger partial charge in [-0.25, -0.2) is 0 Å². The number of hydrogen-bond acceptors (Lipinski definition) is 3. The van der Waals surface area contributed by atoms with Crippen molar-refractivity contribution in [2.75, 3.05) is 10.6 Å². The normalized spacial score (nSPS) is 15.7. The Kier molecular flexibility index (Phi) is 2.29. The quantitative estimate of drug-likeness (QED) is 0.555. The first-order chi connectivity index (χ1) is 7.15. The van der Waals surface area contributed by atoms with Crippen LogP contribution in [0.5, 0.6) is 5.75 Å². The molecule has 0 unspecified atom stereocenters. The average Bonchev–Trinajstić information content (AvgIpc) is 2.19. The lowest BCUT2D eigenvalue weighted by atomic mass is 10.2. The number of carbonyl (C=O) groups is 2. The van der Waals surface area contributed by atoms with E-state index in [1.165, 1.54) is 6.07 Å². The Morgan fingerprint density at radius 3 is 2.40 bits per heavy atom. The SMILES string of the molecule is O=C1CCC(=O)Nc2ccc(cc2O)N1. The summed E-state index contributed by atoms with van der Waals surface area (Å²) in [6.07, 6.45) is 0.259. The number of anilines is 2. The van der Waals surface area contributed by atoms with Crippen molar-refractivity contribution >= 4 is 23.2 Å². The summed E-state index contributed by atoms with van der Waals surface area (Å²) in [5.74, 6) is -0.572. The van der Waals surface area contributed by atoms with Gasteiger partial charge in [0.05, 0.1) is 5.69 Å². The highest BCUT2D eigenvalue weighted by Gasteiger charge is 2.13. The number of phenols is 1. The van der Waals surface area contributed by atoms with Gasteiger partial charge >= 0.3 is 0 Å². The highest BCUT2D eigenvalue weighted by molar-refractivity contribution is 5.99. The Bertz CT molecular complexity index is 429. The molecule has 2 aliphatic heterocycles. The minimum absolute atomic E-state index is 0.0527. The molecule has 2 heterocycles. The molecule has 5 nitrogen and oxygen atoms in total. The third-order valence-corrected chi connectivity index (χ3v) is 2.13. The minimum Gasteiger partial charge on any atom is -0.506 e. The maximum Gasteiger partial charge on any atom is 0.224 e. The van der Waals surface area contributed by atoms with Crippen LogP contribution in [-0.4, -0.2) is 16.9 Å². The molecule has 0 aliphatic carbocycles. The summed E-state index contributed by atoms with van der Waals surface area (Å²) in [6.45, 7) is 0. The number of hydrogen-bond donors (Lipinski definition) is 3. The molecule has 5 heteroatoms. The van der Waals surface area contributed by atoms with E-state index in [1.807, 2.05) is 0 Å². The van der Waals surface area contributed by atoms with Gasteiger partial charge in [-0.05, 0) is 12.1 Å². The van der Waals surface area contributed by atoms with Gasteiger partial charge in [-0.1, -0.05) is 0 Å². The monoisotopic (exact) mass is 206 g/mol. The van der Waals surface area contributed by atoms with Gasteiger partial charge in [-0.3, -0.25) is 9.59 Å². The maximum atomic E-state index is 11.3. The number of phenolic OH excluding ortho intramolecular Hbond substituents is 1. The predicted molar refractivity (Wildman–Crippen MR) is 54.6 cm³/mol. The van der Waals surface area contributed by atoms with Gasteiger partial charge in [0.25, 0.3) is 0 Å². The third kappa shape index (κ3) is 2.07. The van der Waals surface area contributed by atoms with Crippen molar-refractivity contribution < 1.29 is 14.7 Å². The Morgan fingerprint density at radius 1 is 1.07 bits per heavy atom. The molecule has 0 atom stereocenters. The van der Waals surface area contributed by atoms with Crippen LogP contribution in [0.25, 0.3) is 0 Å². The van der Waals surface area contributed by atoms with Gasteiger partial charge in [-0.2, -0.15) is 0 Å². The summed E-state index contributed by atoms with van der Waals surface area (Å²) in [4.78, 5) is 22.6. The van der Waals surface area contributed by atoms with Gasteiger partial charge in [-0.15, -0.1) is 0 Å². The minimum atomic E-state index is -0.282. The first-order valence-electron chi connectivity index (χ1n) is 4.58.